The molecule has 7 aromatic rings. The van der Waals surface area contributed by atoms with E-state index in [4.69, 9.17) is 46.6 Å². The number of aromatic amines is 1. The van der Waals surface area contributed by atoms with E-state index in [2.05, 4.69) is 44.2 Å². The molecule has 3 unspecified atom stereocenters. The summed E-state index contributed by atoms with van der Waals surface area (Å²) in [5.41, 5.74) is 6.68. The van der Waals surface area contributed by atoms with E-state index in [1.807, 2.05) is 4.72 Å². The molecule has 50 heteroatoms. The molecule has 4 aliphatic carbocycles. The Balaban J connectivity index is 0.000000210. The Hall–Kier alpha value is -9.29. The lowest BCUT2D eigenvalue weighted by Gasteiger charge is -2.39. The molecule has 0 bridgehead atoms. The SMILES string of the molecule is CC1(C)CCC(CN2CCN(c3ccc(C(=O)NS(=O)(=O)c4ccc(NCC5COCN(S(=O)(=O)C6CC6)C5)c([N+](=O)[O-])c4)c(Oc4cnc5[nH]ccc5c4)c3)CC2)=C(c2ccc(C(F)(F)F)cc2Cl)C1.NCC1COCN(S(=O)(=O)C2CC2)C1.NS(=O)(=O)c1ccc(F)c([N+](=O)[O-])c1.NS(=O)(=O)c1ccc(NCC2COCN(S(=O)(=O)C3CC3)C2)c([N+](=O)[O-])c1. The third-order valence-corrected chi connectivity index (χ3v) is 32.3. The summed E-state index contributed by atoms with van der Waals surface area (Å²) >= 11 is 6.54. The molecule has 1 amide bonds. The summed E-state index contributed by atoms with van der Waals surface area (Å²) in [6.45, 7) is 10.3. The quantitative estimate of drug-likeness (QED) is 0.0144. The highest BCUT2D eigenvalue weighted by molar-refractivity contribution is 7.91. The molecule has 39 nitrogen and oxygen atoms in total. The molecule has 7 fully saturated rings. The minimum Gasteiger partial charge on any atom is -0.455 e. The lowest BCUT2D eigenvalue weighted by molar-refractivity contribution is -0.387. The predicted octanol–water partition coefficient (Wildman–Crippen LogP) is 8.43. The Kier molecular flexibility index (Phi) is 29.6. The third-order valence-electron chi connectivity index (χ3n) is 22.0. The maximum absolute atomic E-state index is 14.0. The lowest BCUT2D eigenvalue weighted by atomic mass is 9.72. The Morgan fingerprint density at radius 1 is 0.635 bits per heavy atom. The highest BCUT2D eigenvalue weighted by atomic mass is 35.5. The van der Waals surface area contributed by atoms with Gasteiger partial charge in [-0.1, -0.05) is 37.1 Å². The number of ether oxygens (including phenoxy) is 4. The second-order valence-electron chi connectivity index (χ2n) is 32.2. The van der Waals surface area contributed by atoms with Gasteiger partial charge in [0.1, 0.15) is 48.7 Å². The number of piperazine rings is 1. The Morgan fingerprint density at radius 3 is 1.62 bits per heavy atom. The van der Waals surface area contributed by atoms with Crippen LogP contribution >= 0.6 is 11.6 Å². The number of nitro groups is 3. The van der Waals surface area contributed by atoms with E-state index in [9.17, 15) is 103 Å². The van der Waals surface area contributed by atoms with Crippen molar-refractivity contribution in [1.82, 2.24) is 32.5 Å². The van der Waals surface area contributed by atoms with Gasteiger partial charge in [0.05, 0.1) is 82.4 Å². The maximum Gasteiger partial charge on any atom is 0.416 e. The number of benzene rings is 5. The van der Waals surface area contributed by atoms with Crippen molar-refractivity contribution in [2.24, 2.45) is 39.2 Å². The molecule has 15 rings (SSSR count). The lowest BCUT2D eigenvalue weighted by Crippen LogP contribution is -2.47. The monoisotopic (exact) mass is 1900 g/mol. The summed E-state index contributed by atoms with van der Waals surface area (Å²) in [6, 6.07) is 20.4. The molecule has 686 valence electrons. The first-order valence-corrected chi connectivity index (χ1v) is 49.0. The van der Waals surface area contributed by atoms with E-state index < -0.39 is 130 Å². The smallest absolute Gasteiger partial charge is 0.416 e. The molecule has 2 aromatic heterocycles. The van der Waals surface area contributed by atoms with E-state index in [1.54, 1.807) is 30.5 Å². The number of nitro benzene ring substituents is 3. The zero-order valence-electron chi connectivity index (χ0n) is 67.8. The first kappa shape index (κ1) is 95.8. The maximum atomic E-state index is 14.0. The first-order valence-electron chi connectivity index (χ1n) is 39.5. The number of carbonyl (C=O) groups is 1. The molecule has 8 aliphatic rings. The number of amides is 1. The number of pyridine rings is 1. The highest BCUT2D eigenvalue weighted by Crippen LogP contribution is 2.47. The molecule has 4 aliphatic heterocycles. The van der Waals surface area contributed by atoms with Gasteiger partial charge in [-0.15, -0.1) is 0 Å². The number of nitrogens with two attached hydrogens (primary N) is 3. The Morgan fingerprint density at radius 2 is 1.13 bits per heavy atom. The van der Waals surface area contributed by atoms with Crippen LogP contribution in [0.2, 0.25) is 5.02 Å². The van der Waals surface area contributed by atoms with Crippen molar-refractivity contribution in [3.63, 3.8) is 0 Å². The second-order valence-corrected chi connectivity index (χ2v) is 44.1. The number of sulfonamides is 6. The zero-order valence-corrected chi connectivity index (χ0v) is 73.5. The number of aromatic nitrogens is 2. The molecular weight excluding hydrogens is 1810 g/mol. The molecule has 0 spiro atoms. The van der Waals surface area contributed by atoms with Crippen LogP contribution in [0.3, 0.4) is 0 Å². The van der Waals surface area contributed by atoms with Crippen molar-refractivity contribution < 1.29 is 107 Å². The molecule has 0 radical (unpaired) electrons. The van der Waals surface area contributed by atoms with Crippen molar-refractivity contribution in [2.45, 2.75) is 108 Å². The topological polar surface area (TPSA) is 547 Å². The van der Waals surface area contributed by atoms with Crippen molar-refractivity contribution in [2.75, 3.05) is 128 Å². The number of H-pyrrole nitrogens is 1. The molecular formula is C76H93ClF4N16O23S6. The zero-order chi connectivity index (χ0) is 91.4. The summed E-state index contributed by atoms with van der Waals surface area (Å²) in [5.74, 6) is -2.29. The number of nitrogens with zero attached hydrogens (tertiary/aromatic N) is 9. The molecule has 3 saturated carbocycles. The number of hydrogen-bond acceptors (Lipinski definition) is 29. The number of alkyl halides is 3. The molecule has 126 heavy (non-hydrogen) atoms. The van der Waals surface area contributed by atoms with Crippen molar-refractivity contribution >= 4 is 128 Å². The van der Waals surface area contributed by atoms with Crippen LogP contribution in [-0.4, -0.2) is 227 Å². The van der Waals surface area contributed by atoms with Crippen LogP contribution in [0.15, 0.2) is 136 Å². The number of fused-ring (bicyclic) bond motifs is 1. The van der Waals surface area contributed by atoms with Crippen LogP contribution in [0.4, 0.5) is 51.7 Å². The predicted molar refractivity (Wildman–Crippen MR) is 454 cm³/mol. The largest absolute Gasteiger partial charge is 0.455 e. The van der Waals surface area contributed by atoms with Crippen molar-refractivity contribution in [3.8, 4) is 11.5 Å². The number of rotatable bonds is 27. The van der Waals surface area contributed by atoms with Gasteiger partial charge in [0.2, 0.25) is 55.9 Å². The highest BCUT2D eigenvalue weighted by Gasteiger charge is 2.45. The Labute approximate surface area is 728 Å². The number of anilines is 3. The van der Waals surface area contributed by atoms with Gasteiger partial charge < -0.3 is 45.2 Å². The average Bonchev–Trinajstić information content (AvgIpc) is 1.23. The standard InChI is InChI=1S/C48H52ClF3N8O9S2.C14H20N4O7S2.C8H16N2O3S.C6H5FN2O4S/c1-47(2)13-11-32(40(23-47)38-8-3-33(20-41(38)49)48(50,51)52)27-57-15-17-58(18-16-57)34-4-9-39(44(21-34)69-35-19-31-12-14-53-45(31)55-25-35)46(61)56-70(64,65)37-7-10-42(43(22-37)60(62)63)54-24-30-26-59(29-68-28-30)71(66,67)36-5-6-36;15-26(21,22)12-3-4-13(14(5-12)18(19)20)16-6-10-7-17(9-25-8-10)27(23,24)11-1-2-11;9-3-7-4-10(6-13-5-7)14(11,12)8-1-2-8;7-5-2-1-4(14(8,12)13)3-6(5)9(10)11/h3-4,7-10,12,14,19-22,25,30,36,54H,5-6,11,13,15-18,23-24,26-29H2,1-2H3,(H,53,55)(H,56,61);3-5,10-11,16H,1-2,6-9H2,(H2,15,21,22);7-8H,1-6,9H2;1-3H,(H2,8,12,13). The first-order chi connectivity index (χ1) is 59.2. The van der Waals surface area contributed by atoms with Gasteiger partial charge in [0.15, 0.2) is 0 Å². The number of carbonyl (C=O) groups excluding carboxylic acids is 1. The summed E-state index contributed by atoms with van der Waals surface area (Å²) in [7, 11) is -22.8. The molecule has 4 saturated heterocycles. The average molecular weight is 1900 g/mol. The molecule has 10 N–H and O–H groups in total. The molecule has 3 atom stereocenters. The van der Waals surface area contributed by atoms with Gasteiger partial charge in [-0.3, -0.25) is 40.0 Å². The van der Waals surface area contributed by atoms with E-state index in [0.717, 1.165) is 78.6 Å². The van der Waals surface area contributed by atoms with E-state index in [1.165, 1.54) is 49.4 Å². The van der Waals surface area contributed by atoms with Crippen LogP contribution in [0.1, 0.15) is 93.1 Å². The fourth-order valence-electron chi connectivity index (χ4n) is 14.6. The number of halogens is 5. The summed E-state index contributed by atoms with van der Waals surface area (Å²) in [4.78, 5) is 55.6. The summed E-state index contributed by atoms with van der Waals surface area (Å²) in [5, 5.41) is 49.1. The van der Waals surface area contributed by atoms with Crippen LogP contribution < -0.4 is 41.0 Å². The van der Waals surface area contributed by atoms with E-state index in [-0.39, 0.29) is 125 Å². The van der Waals surface area contributed by atoms with Gasteiger partial charge in [-0.05, 0) is 154 Å². The number of nitrogens with one attached hydrogen (secondary N) is 4. The fourth-order valence-corrected chi connectivity index (χ4v) is 22.3. The second kappa shape index (κ2) is 39.0. The minimum atomic E-state index is -4.71. The Bertz CT molecular complexity index is 6050. The van der Waals surface area contributed by atoms with Crippen molar-refractivity contribution in [3.05, 3.63) is 179 Å². The van der Waals surface area contributed by atoms with Crippen LogP contribution in [0, 0.1) is 59.3 Å². The van der Waals surface area contributed by atoms with Gasteiger partial charge in [0, 0.05) is 130 Å². The van der Waals surface area contributed by atoms with Gasteiger partial charge in [-0.2, -0.15) is 30.5 Å². The van der Waals surface area contributed by atoms with Gasteiger partial charge >= 0.3 is 11.9 Å². The third kappa shape index (κ3) is 24.2. The van der Waals surface area contributed by atoms with E-state index >= 15 is 0 Å². The van der Waals surface area contributed by atoms with Crippen molar-refractivity contribution in [1.29, 1.82) is 0 Å². The molecule has 5 aromatic carbocycles. The van der Waals surface area contributed by atoms with Gasteiger partial charge in [-0.25, -0.2) is 70.5 Å². The minimum absolute atomic E-state index is 0.00880. The number of hydrogen-bond donors (Lipinski definition) is 7. The number of allylic oxidation sites excluding steroid dienone is 1. The van der Waals surface area contributed by atoms with Crippen LogP contribution in [-0.2, 0) is 80.5 Å². The summed E-state index contributed by atoms with van der Waals surface area (Å²) in [6.07, 6.45) is 5.10. The molecule has 6 heterocycles. The van der Waals surface area contributed by atoms with E-state index in [0.29, 0.717) is 120 Å². The van der Waals surface area contributed by atoms with Gasteiger partial charge in [0.25, 0.3) is 27.3 Å². The fraction of sp³-hybridized carbons (Fsp3) is 0.474. The number of primary sulfonamides is 2. The normalized spacial score (nSPS) is 20.3. The van der Waals surface area contributed by atoms with Crippen LogP contribution in [0.25, 0.3) is 16.6 Å². The van der Waals surface area contributed by atoms with Crippen LogP contribution in [0.5, 0.6) is 11.5 Å². The summed E-state index contributed by atoms with van der Waals surface area (Å²) < 4.78 is 227.